The molecule has 0 aliphatic carbocycles. The molecule has 0 aromatic heterocycles. The van der Waals surface area contributed by atoms with Crippen molar-refractivity contribution in [3.05, 3.63) is 54.6 Å². The summed E-state index contributed by atoms with van der Waals surface area (Å²) in [6.45, 7) is 7.13. The molecule has 0 unspecified atom stereocenters. The molecule has 0 spiro atoms. The SMILES string of the molecule is CC(C)(C)SCCNC(=O)Nc1ccc(Oc2ccccc2)cc1. The Morgan fingerprint density at radius 1 is 1.00 bits per heavy atom. The number of ether oxygens (including phenoxy) is 1. The Hall–Kier alpha value is -2.14. The highest BCUT2D eigenvalue weighted by Gasteiger charge is 2.10. The molecule has 0 bridgehead atoms. The zero-order chi connectivity index (χ0) is 17.4. The molecule has 0 aliphatic heterocycles. The predicted molar refractivity (Wildman–Crippen MR) is 102 cm³/mol. The fourth-order valence-corrected chi connectivity index (χ4v) is 2.74. The van der Waals surface area contributed by atoms with Gasteiger partial charge in [-0.3, -0.25) is 0 Å². The summed E-state index contributed by atoms with van der Waals surface area (Å²) in [5, 5.41) is 5.67. The van der Waals surface area contributed by atoms with Gasteiger partial charge in [-0.2, -0.15) is 11.8 Å². The number of para-hydroxylation sites is 1. The van der Waals surface area contributed by atoms with E-state index >= 15 is 0 Å². The van der Waals surface area contributed by atoms with Gasteiger partial charge in [0, 0.05) is 22.7 Å². The van der Waals surface area contributed by atoms with E-state index in [4.69, 9.17) is 4.74 Å². The number of hydrogen-bond acceptors (Lipinski definition) is 3. The van der Waals surface area contributed by atoms with Gasteiger partial charge in [-0.1, -0.05) is 39.0 Å². The minimum Gasteiger partial charge on any atom is -0.457 e. The first-order chi connectivity index (χ1) is 11.4. The average molecular weight is 344 g/mol. The Morgan fingerprint density at radius 2 is 1.62 bits per heavy atom. The number of carbonyl (C=O) groups is 1. The lowest BCUT2D eigenvalue weighted by Crippen LogP contribution is -2.31. The third-order valence-electron chi connectivity index (χ3n) is 3.01. The molecule has 2 amide bonds. The van der Waals surface area contributed by atoms with Crippen molar-refractivity contribution in [1.82, 2.24) is 5.32 Å². The van der Waals surface area contributed by atoms with Crippen LogP contribution in [0.5, 0.6) is 11.5 Å². The van der Waals surface area contributed by atoms with E-state index in [2.05, 4.69) is 31.4 Å². The van der Waals surface area contributed by atoms with Crippen molar-refractivity contribution in [3.63, 3.8) is 0 Å². The Morgan fingerprint density at radius 3 is 2.25 bits per heavy atom. The summed E-state index contributed by atoms with van der Waals surface area (Å²) in [6, 6.07) is 16.7. The van der Waals surface area contributed by atoms with Gasteiger partial charge < -0.3 is 15.4 Å². The first-order valence-electron chi connectivity index (χ1n) is 7.94. The third kappa shape index (κ3) is 6.96. The number of hydrogen-bond donors (Lipinski definition) is 2. The second-order valence-electron chi connectivity index (χ2n) is 6.28. The Bertz CT molecular complexity index is 637. The van der Waals surface area contributed by atoms with Gasteiger partial charge in [-0.05, 0) is 36.4 Å². The first kappa shape index (κ1) is 18.2. The lowest BCUT2D eigenvalue weighted by atomic mass is 10.3. The summed E-state index contributed by atoms with van der Waals surface area (Å²) >= 11 is 1.83. The van der Waals surface area contributed by atoms with Crippen molar-refractivity contribution < 1.29 is 9.53 Å². The second-order valence-corrected chi connectivity index (χ2v) is 8.20. The Balaban J connectivity index is 1.76. The third-order valence-corrected chi connectivity index (χ3v) is 4.29. The first-order valence-corrected chi connectivity index (χ1v) is 8.93. The van der Waals surface area contributed by atoms with Gasteiger partial charge in [0.15, 0.2) is 0 Å². The van der Waals surface area contributed by atoms with Gasteiger partial charge in [0.1, 0.15) is 11.5 Å². The van der Waals surface area contributed by atoms with E-state index in [0.29, 0.717) is 6.54 Å². The van der Waals surface area contributed by atoms with Crippen LogP contribution in [0.4, 0.5) is 10.5 Å². The zero-order valence-electron chi connectivity index (χ0n) is 14.3. The van der Waals surface area contributed by atoms with Gasteiger partial charge in [-0.15, -0.1) is 0 Å². The highest BCUT2D eigenvalue weighted by molar-refractivity contribution is 8.00. The predicted octanol–water partition coefficient (Wildman–Crippen LogP) is 5.13. The molecular formula is C19H24N2O2S. The van der Waals surface area contributed by atoms with Crippen LogP contribution < -0.4 is 15.4 Å². The van der Waals surface area contributed by atoms with Crippen LogP contribution in [0.25, 0.3) is 0 Å². The molecule has 0 radical (unpaired) electrons. The monoisotopic (exact) mass is 344 g/mol. The van der Waals surface area contributed by atoms with Crippen molar-refractivity contribution >= 4 is 23.5 Å². The van der Waals surface area contributed by atoms with Crippen LogP contribution in [-0.2, 0) is 0 Å². The van der Waals surface area contributed by atoms with Crippen molar-refractivity contribution in [2.75, 3.05) is 17.6 Å². The molecule has 0 saturated heterocycles. The van der Waals surface area contributed by atoms with Gasteiger partial charge >= 0.3 is 6.03 Å². The summed E-state index contributed by atoms with van der Waals surface area (Å²) in [5.74, 6) is 2.40. The van der Waals surface area contributed by atoms with Crippen molar-refractivity contribution in [3.8, 4) is 11.5 Å². The summed E-state index contributed by atoms with van der Waals surface area (Å²) < 4.78 is 5.93. The smallest absolute Gasteiger partial charge is 0.319 e. The standard InChI is InChI=1S/C19H24N2O2S/c1-19(2,3)24-14-13-20-18(22)21-15-9-11-17(12-10-15)23-16-7-5-4-6-8-16/h4-12H,13-14H2,1-3H3,(H2,20,21,22). The van der Waals surface area contributed by atoms with E-state index in [0.717, 1.165) is 22.9 Å². The fourth-order valence-electron chi connectivity index (χ4n) is 1.93. The molecule has 2 N–H and O–H groups in total. The quantitative estimate of drug-likeness (QED) is 0.714. The molecule has 0 atom stereocenters. The van der Waals surface area contributed by atoms with Gasteiger partial charge in [-0.25, -0.2) is 4.79 Å². The molecule has 0 saturated carbocycles. The lowest BCUT2D eigenvalue weighted by molar-refractivity contribution is 0.252. The Kier molecular flexibility index (Phi) is 6.55. The second kappa shape index (κ2) is 8.64. The van der Waals surface area contributed by atoms with E-state index in [9.17, 15) is 4.79 Å². The normalized spacial score (nSPS) is 11.0. The van der Waals surface area contributed by atoms with Crippen LogP contribution in [0.1, 0.15) is 20.8 Å². The van der Waals surface area contributed by atoms with Crippen LogP contribution in [0, 0.1) is 0 Å². The van der Waals surface area contributed by atoms with Crippen LogP contribution in [0.2, 0.25) is 0 Å². The fraction of sp³-hybridized carbons (Fsp3) is 0.316. The van der Waals surface area contributed by atoms with E-state index in [-0.39, 0.29) is 10.8 Å². The summed E-state index contributed by atoms with van der Waals surface area (Å²) in [6.07, 6.45) is 0. The summed E-state index contributed by atoms with van der Waals surface area (Å²) in [5.41, 5.74) is 0.733. The average Bonchev–Trinajstić information content (AvgIpc) is 2.54. The number of rotatable bonds is 6. The molecule has 128 valence electrons. The maximum absolute atomic E-state index is 11.9. The maximum Gasteiger partial charge on any atom is 0.319 e. The molecular weight excluding hydrogens is 320 g/mol. The maximum atomic E-state index is 11.9. The number of anilines is 1. The van der Waals surface area contributed by atoms with Gasteiger partial charge in [0.25, 0.3) is 0 Å². The van der Waals surface area contributed by atoms with E-state index in [1.165, 1.54) is 0 Å². The Labute approximate surface area is 148 Å². The number of amides is 2. The number of thioether (sulfide) groups is 1. The summed E-state index contributed by atoms with van der Waals surface area (Å²) in [7, 11) is 0. The molecule has 2 aromatic carbocycles. The molecule has 24 heavy (non-hydrogen) atoms. The van der Waals surface area contributed by atoms with Crippen molar-refractivity contribution in [1.29, 1.82) is 0 Å². The minimum absolute atomic E-state index is 0.193. The molecule has 0 aliphatic rings. The highest BCUT2D eigenvalue weighted by Crippen LogP contribution is 2.23. The van der Waals surface area contributed by atoms with Crippen molar-refractivity contribution in [2.45, 2.75) is 25.5 Å². The van der Waals surface area contributed by atoms with Crippen LogP contribution in [-0.4, -0.2) is 23.1 Å². The molecule has 5 heteroatoms. The summed E-state index contributed by atoms with van der Waals surface area (Å²) in [4.78, 5) is 11.9. The number of urea groups is 1. The largest absolute Gasteiger partial charge is 0.457 e. The van der Waals surface area contributed by atoms with Crippen LogP contribution >= 0.6 is 11.8 Å². The number of nitrogens with one attached hydrogen (secondary N) is 2. The lowest BCUT2D eigenvalue weighted by Gasteiger charge is -2.17. The van der Waals surface area contributed by atoms with Gasteiger partial charge in [0.05, 0.1) is 0 Å². The van der Waals surface area contributed by atoms with Crippen LogP contribution in [0.3, 0.4) is 0 Å². The van der Waals surface area contributed by atoms with E-state index in [1.54, 1.807) is 0 Å². The minimum atomic E-state index is -0.193. The van der Waals surface area contributed by atoms with E-state index < -0.39 is 0 Å². The number of benzene rings is 2. The van der Waals surface area contributed by atoms with E-state index in [1.807, 2.05) is 66.4 Å². The topological polar surface area (TPSA) is 50.4 Å². The molecule has 0 heterocycles. The zero-order valence-corrected chi connectivity index (χ0v) is 15.2. The highest BCUT2D eigenvalue weighted by atomic mass is 32.2. The number of carbonyl (C=O) groups excluding carboxylic acids is 1. The molecule has 0 fully saturated rings. The molecule has 4 nitrogen and oxygen atoms in total. The molecule has 2 aromatic rings. The van der Waals surface area contributed by atoms with Gasteiger partial charge in [0.2, 0.25) is 0 Å². The van der Waals surface area contributed by atoms with Crippen LogP contribution in [0.15, 0.2) is 54.6 Å². The van der Waals surface area contributed by atoms with Crippen molar-refractivity contribution in [2.24, 2.45) is 0 Å². The molecule has 2 rings (SSSR count).